The summed E-state index contributed by atoms with van der Waals surface area (Å²) < 4.78 is 30.5. The molecule has 0 bridgehead atoms. The summed E-state index contributed by atoms with van der Waals surface area (Å²) in [5, 5.41) is 9.27. The Bertz CT molecular complexity index is 259. The van der Waals surface area contributed by atoms with Gasteiger partial charge in [0.25, 0.3) is 0 Å². The van der Waals surface area contributed by atoms with E-state index in [9.17, 15) is 9.67 Å². The van der Waals surface area contributed by atoms with Crippen LogP contribution >= 0.6 is 7.82 Å². The topological polar surface area (TPSA) is 94.5 Å². The van der Waals surface area contributed by atoms with Crippen LogP contribution < -0.4 is 0 Å². The summed E-state index contributed by atoms with van der Waals surface area (Å²) in [6, 6.07) is 0. The summed E-state index contributed by atoms with van der Waals surface area (Å²) in [7, 11) is -2.99. The summed E-state index contributed by atoms with van der Waals surface area (Å²) in [5.74, 6) is 0. The molecule has 4 atom stereocenters. The Kier molecular flexibility index (Phi) is 5.33. The standard InChI is InChI=1S/C8H17O7P/c1-3-13-5-7-6(4-8(9)14-7)15-16(10,11)12-2/h6-9H,3-5H2,1-2H3,(H,10,11)/t6?,7-,8-/m1/s1. The summed E-state index contributed by atoms with van der Waals surface area (Å²) in [5.41, 5.74) is 0. The first-order valence-electron chi connectivity index (χ1n) is 4.96. The van der Waals surface area contributed by atoms with Crippen molar-refractivity contribution in [2.45, 2.75) is 31.8 Å². The van der Waals surface area contributed by atoms with Crippen LogP contribution in [-0.2, 0) is 23.1 Å². The van der Waals surface area contributed by atoms with Crippen molar-refractivity contribution in [2.75, 3.05) is 20.3 Å². The molecule has 1 saturated heterocycles. The molecule has 0 aromatic carbocycles. The van der Waals surface area contributed by atoms with E-state index in [0.29, 0.717) is 6.61 Å². The lowest BCUT2D eigenvalue weighted by atomic mass is 10.2. The van der Waals surface area contributed by atoms with Crippen LogP contribution in [0, 0.1) is 0 Å². The van der Waals surface area contributed by atoms with Crippen molar-refractivity contribution < 1.29 is 33.1 Å². The van der Waals surface area contributed by atoms with E-state index in [0.717, 1.165) is 7.11 Å². The van der Waals surface area contributed by atoms with E-state index >= 15 is 0 Å². The van der Waals surface area contributed by atoms with Gasteiger partial charge in [-0.15, -0.1) is 0 Å². The number of ether oxygens (including phenoxy) is 2. The smallest absolute Gasteiger partial charge is 0.379 e. The van der Waals surface area contributed by atoms with E-state index in [1.165, 1.54) is 0 Å². The first kappa shape index (κ1) is 14.1. The molecule has 0 aromatic heterocycles. The SMILES string of the molecule is CCOC[C@H]1O[C@@H](O)CC1OP(=O)(O)OC. The molecule has 16 heavy (non-hydrogen) atoms. The first-order valence-corrected chi connectivity index (χ1v) is 6.46. The maximum absolute atomic E-state index is 11.2. The summed E-state index contributed by atoms with van der Waals surface area (Å²) >= 11 is 0. The Morgan fingerprint density at radius 3 is 2.81 bits per heavy atom. The van der Waals surface area contributed by atoms with Crippen molar-refractivity contribution in [3.63, 3.8) is 0 Å². The van der Waals surface area contributed by atoms with Crippen LogP contribution in [0.5, 0.6) is 0 Å². The number of phosphoric acid groups is 1. The second kappa shape index (κ2) is 6.07. The van der Waals surface area contributed by atoms with Gasteiger partial charge in [-0.3, -0.25) is 9.05 Å². The normalized spacial score (nSPS) is 33.9. The summed E-state index contributed by atoms with van der Waals surface area (Å²) in [6.07, 6.45) is -2.17. The maximum Gasteiger partial charge on any atom is 0.472 e. The van der Waals surface area contributed by atoms with E-state index in [2.05, 4.69) is 4.52 Å². The van der Waals surface area contributed by atoms with Gasteiger partial charge in [0.1, 0.15) is 12.2 Å². The number of phosphoric ester groups is 1. The zero-order valence-electron chi connectivity index (χ0n) is 9.24. The number of hydrogen-bond donors (Lipinski definition) is 2. The van der Waals surface area contributed by atoms with Crippen molar-refractivity contribution in [3.05, 3.63) is 0 Å². The Morgan fingerprint density at radius 1 is 1.56 bits per heavy atom. The Morgan fingerprint density at radius 2 is 2.25 bits per heavy atom. The van der Waals surface area contributed by atoms with Crippen molar-refractivity contribution in [1.29, 1.82) is 0 Å². The van der Waals surface area contributed by atoms with E-state index in [1.807, 2.05) is 6.92 Å². The van der Waals surface area contributed by atoms with Crippen LogP contribution in [0.4, 0.5) is 0 Å². The predicted octanol–water partition coefficient (Wildman–Crippen LogP) is 0.262. The van der Waals surface area contributed by atoms with Gasteiger partial charge in [-0.2, -0.15) is 0 Å². The molecule has 2 N–H and O–H groups in total. The largest absolute Gasteiger partial charge is 0.472 e. The van der Waals surface area contributed by atoms with Crippen molar-refractivity contribution in [1.82, 2.24) is 0 Å². The minimum absolute atomic E-state index is 0.117. The molecule has 8 heteroatoms. The molecule has 0 saturated carbocycles. The second-order valence-electron chi connectivity index (χ2n) is 3.32. The van der Waals surface area contributed by atoms with Crippen LogP contribution in [0.15, 0.2) is 0 Å². The lowest BCUT2D eigenvalue weighted by molar-refractivity contribution is -0.114. The Hall–Kier alpha value is -0.0100. The molecule has 0 spiro atoms. The van der Waals surface area contributed by atoms with Gasteiger partial charge < -0.3 is 19.5 Å². The molecule has 1 rings (SSSR count). The molecule has 0 aliphatic carbocycles. The van der Waals surface area contributed by atoms with Gasteiger partial charge in [0.15, 0.2) is 6.29 Å². The fraction of sp³-hybridized carbons (Fsp3) is 1.00. The van der Waals surface area contributed by atoms with Crippen molar-refractivity contribution in [2.24, 2.45) is 0 Å². The van der Waals surface area contributed by atoms with E-state index in [4.69, 9.17) is 18.9 Å². The minimum Gasteiger partial charge on any atom is -0.379 e. The zero-order valence-corrected chi connectivity index (χ0v) is 10.1. The molecule has 2 unspecified atom stereocenters. The average molecular weight is 256 g/mol. The van der Waals surface area contributed by atoms with Gasteiger partial charge in [0.2, 0.25) is 0 Å². The zero-order chi connectivity index (χ0) is 12.2. The highest BCUT2D eigenvalue weighted by Crippen LogP contribution is 2.46. The Labute approximate surface area is 93.9 Å². The van der Waals surface area contributed by atoms with Crippen LogP contribution in [-0.4, -0.2) is 48.8 Å². The van der Waals surface area contributed by atoms with Crippen LogP contribution in [0.3, 0.4) is 0 Å². The molecule has 0 aromatic rings. The first-order chi connectivity index (χ1) is 7.48. The highest BCUT2D eigenvalue weighted by atomic mass is 31.2. The summed E-state index contributed by atoms with van der Waals surface area (Å²) in [4.78, 5) is 9.15. The van der Waals surface area contributed by atoms with Crippen LogP contribution in [0.25, 0.3) is 0 Å². The number of rotatable bonds is 6. The third-order valence-corrected chi connectivity index (χ3v) is 3.16. The number of aliphatic hydroxyl groups is 1. The molecule has 1 aliphatic heterocycles. The molecule has 7 nitrogen and oxygen atoms in total. The molecule has 96 valence electrons. The molecule has 0 amide bonds. The minimum atomic E-state index is -4.07. The fourth-order valence-corrected chi connectivity index (χ4v) is 2.05. The van der Waals surface area contributed by atoms with E-state index in [1.54, 1.807) is 0 Å². The quantitative estimate of drug-likeness (QED) is 0.658. The Balaban J connectivity index is 2.52. The van der Waals surface area contributed by atoms with E-state index in [-0.39, 0.29) is 13.0 Å². The molecule has 0 radical (unpaired) electrons. The highest BCUT2D eigenvalue weighted by molar-refractivity contribution is 7.47. The molecular formula is C8H17O7P. The lowest BCUT2D eigenvalue weighted by Gasteiger charge is -2.19. The molecular weight excluding hydrogens is 239 g/mol. The summed E-state index contributed by atoms with van der Waals surface area (Å²) in [6.45, 7) is 2.50. The highest BCUT2D eigenvalue weighted by Gasteiger charge is 2.39. The molecule has 1 aliphatic rings. The van der Waals surface area contributed by atoms with Crippen LogP contribution in [0.2, 0.25) is 0 Å². The number of aliphatic hydroxyl groups excluding tert-OH is 1. The fourth-order valence-electron chi connectivity index (χ4n) is 1.40. The monoisotopic (exact) mass is 256 g/mol. The van der Waals surface area contributed by atoms with Gasteiger partial charge >= 0.3 is 7.82 Å². The van der Waals surface area contributed by atoms with Gasteiger partial charge in [-0.25, -0.2) is 4.57 Å². The van der Waals surface area contributed by atoms with Gasteiger partial charge in [0, 0.05) is 20.1 Å². The lowest BCUT2D eigenvalue weighted by Crippen LogP contribution is -2.28. The molecule has 1 heterocycles. The van der Waals surface area contributed by atoms with Crippen molar-refractivity contribution >= 4 is 7.82 Å². The van der Waals surface area contributed by atoms with Crippen molar-refractivity contribution in [3.8, 4) is 0 Å². The second-order valence-corrected chi connectivity index (χ2v) is 4.83. The van der Waals surface area contributed by atoms with Gasteiger partial charge in [0.05, 0.1) is 6.61 Å². The average Bonchev–Trinajstić information content (AvgIpc) is 2.55. The van der Waals surface area contributed by atoms with Gasteiger partial charge in [-0.05, 0) is 6.92 Å². The van der Waals surface area contributed by atoms with E-state index < -0.39 is 26.3 Å². The third kappa shape index (κ3) is 4.10. The third-order valence-electron chi connectivity index (χ3n) is 2.17. The number of hydrogen-bond acceptors (Lipinski definition) is 6. The van der Waals surface area contributed by atoms with Gasteiger partial charge in [-0.1, -0.05) is 0 Å². The predicted molar refractivity (Wildman–Crippen MR) is 53.7 cm³/mol. The molecule has 1 fully saturated rings. The maximum atomic E-state index is 11.2. The van der Waals surface area contributed by atoms with Crippen LogP contribution in [0.1, 0.15) is 13.3 Å².